The Morgan fingerprint density at radius 1 is 0.696 bits per heavy atom. The number of hydrogen-bond donors (Lipinski definition) is 0. The molecule has 46 heavy (non-hydrogen) atoms. The summed E-state index contributed by atoms with van der Waals surface area (Å²) in [6.45, 7) is 14.3. The Kier molecular flexibility index (Phi) is 18.9. The van der Waals surface area contributed by atoms with Crippen LogP contribution in [0.2, 0.25) is 5.02 Å². The summed E-state index contributed by atoms with van der Waals surface area (Å²) in [5.74, 6) is 1.16. The van der Waals surface area contributed by atoms with Crippen molar-refractivity contribution in [2.75, 3.05) is 39.6 Å². The van der Waals surface area contributed by atoms with E-state index in [2.05, 4.69) is 45.9 Å². The third kappa shape index (κ3) is 11.9. The topological polar surface area (TPSA) is 55.4 Å². The molecule has 1 heterocycles. The fourth-order valence-corrected chi connectivity index (χ4v) is 6.18. The van der Waals surface area contributed by atoms with Gasteiger partial charge in [0.05, 0.1) is 13.2 Å². The van der Waals surface area contributed by atoms with Crippen molar-refractivity contribution in [3.8, 4) is 5.75 Å². The summed E-state index contributed by atoms with van der Waals surface area (Å²) in [6.07, 6.45) is 6.94. The van der Waals surface area contributed by atoms with E-state index in [9.17, 15) is 0 Å². The molecule has 0 unspecified atom stereocenters. The van der Waals surface area contributed by atoms with Crippen molar-refractivity contribution in [1.29, 1.82) is 0 Å². The molecular weight excluding hydrogens is 623 g/mol. The second-order valence-corrected chi connectivity index (χ2v) is 12.8. The van der Waals surface area contributed by atoms with Gasteiger partial charge in [-0.15, -0.1) is 11.6 Å². The van der Waals surface area contributed by atoms with Crippen LogP contribution in [0.4, 0.5) is 0 Å². The average Bonchev–Trinajstić information content (AvgIpc) is 3.06. The van der Waals surface area contributed by atoms with Gasteiger partial charge in [-0.25, -0.2) is 0 Å². The maximum absolute atomic E-state index is 7.03. The second kappa shape index (κ2) is 22.3. The summed E-state index contributed by atoms with van der Waals surface area (Å²) in [7, 11) is 0. The fourth-order valence-electron chi connectivity index (χ4n) is 5.69. The highest BCUT2D eigenvalue weighted by Gasteiger charge is 2.49. The lowest BCUT2D eigenvalue weighted by molar-refractivity contribution is -0.268. The monoisotopic (exact) mass is 680 g/mol. The van der Waals surface area contributed by atoms with Crippen LogP contribution in [-0.4, -0.2) is 64.1 Å². The number of ether oxygens (including phenoxy) is 6. The molecule has 0 aromatic heterocycles. The minimum atomic E-state index is -0.431. The summed E-state index contributed by atoms with van der Waals surface area (Å²) in [6, 6.07) is 12.3. The van der Waals surface area contributed by atoms with Crippen LogP contribution in [0.5, 0.6) is 5.75 Å². The lowest BCUT2D eigenvalue weighted by atomic mass is 9.87. The van der Waals surface area contributed by atoms with Crippen molar-refractivity contribution in [1.82, 2.24) is 0 Å². The molecule has 1 saturated heterocycles. The molecule has 6 nitrogen and oxygen atoms in total. The highest BCUT2D eigenvalue weighted by molar-refractivity contribution is 6.31. The van der Waals surface area contributed by atoms with Crippen molar-refractivity contribution in [3.63, 3.8) is 0 Å². The molecule has 0 saturated carbocycles. The molecule has 8 heteroatoms. The summed E-state index contributed by atoms with van der Waals surface area (Å²) in [5, 5.41) is 0.684. The molecule has 0 radical (unpaired) electrons. The molecule has 2 aromatic rings. The van der Waals surface area contributed by atoms with Gasteiger partial charge in [0.2, 0.25) is 0 Å². The van der Waals surface area contributed by atoms with Crippen LogP contribution in [0, 0.1) is 0 Å². The minimum Gasteiger partial charge on any atom is -0.494 e. The van der Waals surface area contributed by atoms with Crippen LogP contribution in [0.25, 0.3) is 0 Å². The Morgan fingerprint density at radius 2 is 1.28 bits per heavy atom. The first-order valence-corrected chi connectivity index (χ1v) is 18.6. The number of unbranched alkanes of at least 4 members (excludes halogenated alkanes) is 4. The number of rotatable bonds is 23. The second-order valence-electron chi connectivity index (χ2n) is 12.1. The molecule has 1 fully saturated rings. The molecule has 0 spiro atoms. The predicted octanol–water partition coefficient (Wildman–Crippen LogP) is 9.88. The summed E-state index contributed by atoms with van der Waals surface area (Å²) < 4.78 is 38.9. The number of alkyl halides is 1. The van der Waals surface area contributed by atoms with E-state index in [1.54, 1.807) is 0 Å². The first-order valence-electron chi connectivity index (χ1n) is 17.7. The zero-order valence-electron chi connectivity index (χ0n) is 28.9. The van der Waals surface area contributed by atoms with Gasteiger partial charge in [0.15, 0.2) is 0 Å². The standard InChI is InChI=1S/C38H58Cl2O6/c1-6-11-19-41-27-34-36(43-20-12-7-2)38(45-22-14-9-4)37(44-21-13-8-3)35(46-34)32-24-29(33(40)25-30(32)26-39)23-28-15-17-31(18-16-28)42-10-5/h15-18,24-25,34-38H,6-14,19-23,26-27H2,1-5H3/t34-,35+,36-,37+,38+/m1/s1. The average molecular weight is 682 g/mol. The van der Waals surface area contributed by atoms with E-state index in [1.165, 1.54) is 0 Å². The van der Waals surface area contributed by atoms with Crippen molar-refractivity contribution in [3.05, 3.63) is 63.7 Å². The van der Waals surface area contributed by atoms with Gasteiger partial charge in [-0.3, -0.25) is 0 Å². The minimum absolute atomic E-state index is 0.301. The van der Waals surface area contributed by atoms with Crippen LogP contribution >= 0.6 is 23.2 Å². The molecule has 260 valence electrons. The van der Waals surface area contributed by atoms with Crippen molar-refractivity contribution in [2.45, 2.75) is 129 Å². The van der Waals surface area contributed by atoms with Crippen LogP contribution in [0.15, 0.2) is 36.4 Å². The van der Waals surface area contributed by atoms with E-state index >= 15 is 0 Å². The Labute approximate surface area is 288 Å². The highest BCUT2D eigenvalue weighted by Crippen LogP contribution is 2.41. The molecule has 5 atom stereocenters. The van der Waals surface area contributed by atoms with Crippen molar-refractivity contribution >= 4 is 23.2 Å². The van der Waals surface area contributed by atoms with Crippen LogP contribution in [0.1, 0.15) is 114 Å². The van der Waals surface area contributed by atoms with E-state index in [4.69, 9.17) is 51.6 Å². The molecule has 3 rings (SSSR count). The highest BCUT2D eigenvalue weighted by atomic mass is 35.5. The van der Waals surface area contributed by atoms with E-state index in [1.807, 2.05) is 25.1 Å². The largest absolute Gasteiger partial charge is 0.494 e. The lowest BCUT2D eigenvalue weighted by Gasteiger charge is -2.47. The van der Waals surface area contributed by atoms with Gasteiger partial charge in [-0.05, 0) is 79.5 Å². The molecule has 0 amide bonds. The third-order valence-electron chi connectivity index (χ3n) is 8.37. The molecule has 0 N–H and O–H groups in total. The van der Waals surface area contributed by atoms with Gasteiger partial charge in [0.1, 0.15) is 36.3 Å². The normalized spacial score (nSPS) is 21.5. The SMILES string of the molecule is CCCCOC[C@H]1O[C@@H](c2cc(Cc3ccc(OCC)cc3)c(Cl)cc2CCl)[C@H](OCCCC)[C@@H](OCCCC)[C@@H]1OCCCC. The van der Waals surface area contributed by atoms with Gasteiger partial charge in [0.25, 0.3) is 0 Å². The van der Waals surface area contributed by atoms with Crippen molar-refractivity contribution < 1.29 is 28.4 Å². The summed E-state index contributed by atoms with van der Waals surface area (Å²) in [5.41, 5.74) is 4.06. The van der Waals surface area contributed by atoms with E-state index in [0.29, 0.717) is 57.0 Å². The van der Waals surface area contributed by atoms with Gasteiger partial charge in [-0.1, -0.05) is 83.2 Å². The number of halogens is 2. The molecule has 0 aliphatic carbocycles. The van der Waals surface area contributed by atoms with E-state index in [-0.39, 0.29) is 24.4 Å². The Bertz CT molecular complexity index is 1100. The maximum atomic E-state index is 7.03. The van der Waals surface area contributed by atoms with E-state index < -0.39 is 6.10 Å². The number of hydrogen-bond acceptors (Lipinski definition) is 6. The van der Waals surface area contributed by atoms with Gasteiger partial charge >= 0.3 is 0 Å². The first kappa shape index (κ1) is 39.1. The molecule has 2 aromatic carbocycles. The first-order chi connectivity index (χ1) is 22.5. The van der Waals surface area contributed by atoms with Gasteiger partial charge < -0.3 is 28.4 Å². The predicted molar refractivity (Wildman–Crippen MR) is 189 cm³/mol. The lowest BCUT2D eigenvalue weighted by Crippen LogP contribution is -2.58. The Morgan fingerprint density at radius 3 is 1.87 bits per heavy atom. The van der Waals surface area contributed by atoms with Crippen LogP contribution in [-0.2, 0) is 36.0 Å². The van der Waals surface area contributed by atoms with Crippen LogP contribution < -0.4 is 4.74 Å². The molecule has 1 aliphatic heterocycles. The summed E-state index contributed by atoms with van der Waals surface area (Å²) >= 11 is 13.5. The third-order valence-corrected chi connectivity index (χ3v) is 9.01. The fraction of sp³-hybridized carbons (Fsp3) is 0.684. The van der Waals surface area contributed by atoms with Gasteiger partial charge in [0, 0.05) is 37.3 Å². The smallest absolute Gasteiger partial charge is 0.119 e. The quantitative estimate of drug-likeness (QED) is 0.0860. The van der Waals surface area contributed by atoms with Gasteiger partial charge in [-0.2, -0.15) is 0 Å². The molecule has 1 aliphatic rings. The Balaban J connectivity index is 2.05. The molecular formula is C38H58Cl2O6. The Hall–Kier alpha value is -1.38. The molecule has 0 bridgehead atoms. The maximum Gasteiger partial charge on any atom is 0.119 e. The number of benzene rings is 2. The zero-order chi connectivity index (χ0) is 33.1. The van der Waals surface area contributed by atoms with Crippen LogP contribution in [0.3, 0.4) is 0 Å². The van der Waals surface area contributed by atoms with E-state index in [0.717, 1.165) is 79.4 Å². The van der Waals surface area contributed by atoms with Crippen molar-refractivity contribution in [2.24, 2.45) is 0 Å². The summed E-state index contributed by atoms with van der Waals surface area (Å²) in [4.78, 5) is 0. The zero-order valence-corrected chi connectivity index (χ0v) is 30.4.